The molecule has 2 aromatic rings. The minimum atomic E-state index is 0.411. The fourth-order valence-corrected chi connectivity index (χ4v) is 2.18. The molecule has 5 heteroatoms. The van der Waals surface area contributed by atoms with Crippen molar-refractivity contribution in [3.63, 3.8) is 0 Å². The predicted octanol–water partition coefficient (Wildman–Crippen LogP) is 3.03. The fraction of sp³-hybridized carbons (Fsp3) is 0.429. The molecule has 0 aliphatic heterocycles. The monoisotopic (exact) mass is 277 g/mol. The van der Waals surface area contributed by atoms with Gasteiger partial charge in [-0.2, -0.15) is 0 Å². The van der Waals surface area contributed by atoms with Gasteiger partial charge in [-0.3, -0.25) is 4.57 Å². The first-order valence-corrected chi connectivity index (χ1v) is 6.94. The molecule has 4 nitrogen and oxygen atoms in total. The summed E-state index contributed by atoms with van der Waals surface area (Å²) in [6.07, 6.45) is 2.62. The Kier molecular flexibility index (Phi) is 3.80. The minimum Gasteiger partial charge on any atom is -0.379 e. The second-order valence-electron chi connectivity index (χ2n) is 4.83. The molecule has 100 valence electrons. The number of rotatable bonds is 6. The highest BCUT2D eigenvalue weighted by molar-refractivity contribution is 6.28. The van der Waals surface area contributed by atoms with Gasteiger partial charge in [-0.25, -0.2) is 0 Å². The molecule has 0 amide bonds. The van der Waals surface area contributed by atoms with Crippen LogP contribution in [-0.2, 0) is 11.3 Å². The third kappa shape index (κ3) is 3.14. The van der Waals surface area contributed by atoms with Gasteiger partial charge in [0, 0.05) is 12.2 Å². The Bertz CT molecular complexity index is 537. The Hall–Kier alpha value is -1.39. The molecule has 0 N–H and O–H groups in total. The van der Waals surface area contributed by atoms with Crippen LogP contribution in [0.4, 0.5) is 0 Å². The largest absolute Gasteiger partial charge is 0.379 e. The van der Waals surface area contributed by atoms with Crippen LogP contribution in [0.25, 0.3) is 11.4 Å². The zero-order valence-electron chi connectivity index (χ0n) is 10.6. The number of nitrogens with zero attached hydrogens (tertiary/aromatic N) is 3. The zero-order chi connectivity index (χ0) is 13.1. The van der Waals surface area contributed by atoms with E-state index in [1.165, 1.54) is 12.8 Å². The van der Waals surface area contributed by atoms with Gasteiger partial charge in [-0.1, -0.05) is 30.3 Å². The van der Waals surface area contributed by atoms with Crippen molar-refractivity contribution in [1.29, 1.82) is 0 Å². The molecule has 1 fully saturated rings. The van der Waals surface area contributed by atoms with Crippen molar-refractivity contribution in [1.82, 2.24) is 14.8 Å². The number of hydrogen-bond donors (Lipinski definition) is 0. The van der Waals surface area contributed by atoms with Crippen LogP contribution in [0.15, 0.2) is 30.3 Å². The van der Waals surface area contributed by atoms with Gasteiger partial charge in [-0.05, 0) is 30.4 Å². The molecule has 0 unspecified atom stereocenters. The van der Waals surface area contributed by atoms with Gasteiger partial charge in [0.25, 0.3) is 0 Å². The molecule has 0 atom stereocenters. The summed E-state index contributed by atoms with van der Waals surface area (Å²) in [5, 5.41) is 8.49. The number of halogens is 1. The van der Waals surface area contributed by atoms with Crippen LogP contribution in [-0.4, -0.2) is 28.0 Å². The lowest BCUT2D eigenvalue weighted by molar-refractivity contribution is 0.117. The van der Waals surface area contributed by atoms with Crippen LogP contribution in [0.1, 0.15) is 12.8 Å². The van der Waals surface area contributed by atoms with Crippen molar-refractivity contribution in [3.05, 3.63) is 35.6 Å². The van der Waals surface area contributed by atoms with E-state index in [-0.39, 0.29) is 0 Å². The van der Waals surface area contributed by atoms with E-state index in [1.54, 1.807) is 0 Å². The first-order chi connectivity index (χ1) is 9.34. The maximum absolute atomic E-state index is 6.08. The molecule has 0 saturated heterocycles. The molecule has 19 heavy (non-hydrogen) atoms. The van der Waals surface area contributed by atoms with Crippen molar-refractivity contribution >= 4 is 11.6 Å². The molecule has 0 radical (unpaired) electrons. The van der Waals surface area contributed by atoms with Gasteiger partial charge in [-0.15, -0.1) is 10.2 Å². The van der Waals surface area contributed by atoms with E-state index in [1.807, 2.05) is 34.9 Å². The summed E-state index contributed by atoms with van der Waals surface area (Å²) in [7, 11) is 0. The molecule has 1 saturated carbocycles. The maximum Gasteiger partial charge on any atom is 0.225 e. The van der Waals surface area contributed by atoms with Gasteiger partial charge in [0.05, 0.1) is 13.2 Å². The fourth-order valence-electron chi connectivity index (χ4n) is 1.97. The summed E-state index contributed by atoms with van der Waals surface area (Å²) in [4.78, 5) is 0. The Balaban J connectivity index is 1.67. The van der Waals surface area contributed by atoms with Gasteiger partial charge in [0.1, 0.15) is 0 Å². The predicted molar refractivity (Wildman–Crippen MR) is 74.0 cm³/mol. The lowest BCUT2D eigenvalue weighted by Gasteiger charge is -2.08. The normalized spacial score (nSPS) is 14.8. The van der Waals surface area contributed by atoms with Gasteiger partial charge < -0.3 is 4.74 Å². The number of ether oxygens (including phenoxy) is 1. The van der Waals surface area contributed by atoms with Crippen LogP contribution in [0.5, 0.6) is 0 Å². The Morgan fingerprint density at radius 3 is 2.74 bits per heavy atom. The second-order valence-corrected chi connectivity index (χ2v) is 5.17. The summed E-state index contributed by atoms with van der Waals surface area (Å²) >= 11 is 6.08. The Morgan fingerprint density at radius 2 is 2.00 bits per heavy atom. The van der Waals surface area contributed by atoms with Crippen molar-refractivity contribution in [2.75, 3.05) is 13.2 Å². The summed E-state index contributed by atoms with van der Waals surface area (Å²) in [5.74, 6) is 1.57. The third-order valence-electron chi connectivity index (χ3n) is 3.25. The molecule has 0 spiro atoms. The van der Waals surface area contributed by atoms with Crippen LogP contribution in [0.2, 0.25) is 5.28 Å². The lowest BCUT2D eigenvalue weighted by Crippen LogP contribution is -2.09. The van der Waals surface area contributed by atoms with Crippen molar-refractivity contribution in [2.45, 2.75) is 19.4 Å². The average molecular weight is 278 g/mol. The lowest BCUT2D eigenvalue weighted by atomic mass is 10.2. The van der Waals surface area contributed by atoms with Crippen molar-refractivity contribution in [3.8, 4) is 11.4 Å². The number of benzene rings is 1. The molecule has 1 heterocycles. The average Bonchev–Trinajstić information content (AvgIpc) is 3.20. The van der Waals surface area contributed by atoms with E-state index in [0.717, 1.165) is 23.9 Å². The van der Waals surface area contributed by atoms with Gasteiger partial charge >= 0.3 is 0 Å². The van der Waals surface area contributed by atoms with Gasteiger partial charge in [0.2, 0.25) is 5.28 Å². The summed E-state index contributed by atoms with van der Waals surface area (Å²) in [6.45, 7) is 2.19. The highest BCUT2D eigenvalue weighted by Crippen LogP contribution is 2.28. The van der Waals surface area contributed by atoms with E-state index in [9.17, 15) is 0 Å². The second kappa shape index (κ2) is 5.72. The molecule has 3 rings (SSSR count). The Labute approximate surface area is 117 Å². The number of hydrogen-bond acceptors (Lipinski definition) is 3. The Morgan fingerprint density at radius 1 is 1.21 bits per heavy atom. The smallest absolute Gasteiger partial charge is 0.225 e. The highest BCUT2D eigenvalue weighted by atomic mass is 35.5. The van der Waals surface area contributed by atoms with E-state index in [2.05, 4.69) is 10.2 Å². The van der Waals surface area contributed by atoms with Crippen molar-refractivity contribution < 1.29 is 4.74 Å². The van der Waals surface area contributed by atoms with Crippen LogP contribution in [0.3, 0.4) is 0 Å². The van der Waals surface area contributed by atoms with Gasteiger partial charge in [0.15, 0.2) is 5.82 Å². The minimum absolute atomic E-state index is 0.411. The van der Waals surface area contributed by atoms with E-state index in [4.69, 9.17) is 16.3 Å². The molecular weight excluding hydrogens is 262 g/mol. The zero-order valence-corrected chi connectivity index (χ0v) is 11.4. The SMILES string of the molecule is Clc1nnc(-c2ccccc2)n1CCOCC1CC1. The molecule has 1 aliphatic carbocycles. The first kappa shape index (κ1) is 12.6. The summed E-state index contributed by atoms with van der Waals surface area (Å²) < 4.78 is 7.53. The van der Waals surface area contributed by atoms with Crippen LogP contribution in [0, 0.1) is 5.92 Å². The quantitative estimate of drug-likeness (QED) is 0.762. The van der Waals surface area contributed by atoms with Crippen LogP contribution >= 0.6 is 11.6 Å². The molecule has 1 aromatic heterocycles. The summed E-state index contributed by atoms with van der Waals surface area (Å²) in [5.41, 5.74) is 1.02. The molecule has 0 bridgehead atoms. The van der Waals surface area contributed by atoms with E-state index in [0.29, 0.717) is 18.4 Å². The van der Waals surface area contributed by atoms with E-state index >= 15 is 0 Å². The van der Waals surface area contributed by atoms with Crippen molar-refractivity contribution in [2.24, 2.45) is 5.92 Å². The standard InChI is InChI=1S/C14H16ClN3O/c15-14-17-16-13(12-4-2-1-3-5-12)18(14)8-9-19-10-11-6-7-11/h1-5,11H,6-10H2. The topological polar surface area (TPSA) is 39.9 Å². The van der Waals surface area contributed by atoms with E-state index < -0.39 is 0 Å². The first-order valence-electron chi connectivity index (χ1n) is 6.56. The molecule has 1 aromatic carbocycles. The molecule has 1 aliphatic rings. The molecular formula is C14H16ClN3O. The third-order valence-corrected chi connectivity index (χ3v) is 3.53. The van der Waals surface area contributed by atoms with Crippen LogP contribution < -0.4 is 0 Å². The summed E-state index contributed by atoms with van der Waals surface area (Å²) in [6, 6.07) is 9.94. The maximum atomic E-state index is 6.08. The highest BCUT2D eigenvalue weighted by Gasteiger charge is 2.21. The number of aromatic nitrogens is 3.